The predicted molar refractivity (Wildman–Crippen MR) is 117 cm³/mol. The van der Waals surface area contributed by atoms with Crippen LogP contribution in [0.3, 0.4) is 0 Å². The molecule has 0 unspecified atom stereocenters. The van der Waals surface area contributed by atoms with Crippen LogP contribution < -0.4 is 0 Å². The summed E-state index contributed by atoms with van der Waals surface area (Å²) in [6.07, 6.45) is 2.83. The van der Waals surface area contributed by atoms with Crippen LogP contribution in [0.1, 0.15) is 5.56 Å². The van der Waals surface area contributed by atoms with Gasteiger partial charge in [-0.2, -0.15) is 0 Å². The molecule has 0 N–H and O–H groups in total. The first-order valence-electron chi connectivity index (χ1n) is 9.31. The first-order valence-corrected chi connectivity index (χ1v) is 9.31. The molecule has 0 saturated carbocycles. The van der Waals surface area contributed by atoms with Gasteiger partial charge < -0.3 is 0 Å². The molecular formula is C27H22. The average Bonchev–Trinajstić information content (AvgIpc) is 2.75. The highest BCUT2D eigenvalue weighted by Gasteiger charge is 2.14. The van der Waals surface area contributed by atoms with E-state index in [1.165, 1.54) is 38.9 Å². The Morgan fingerprint density at radius 1 is 0.519 bits per heavy atom. The molecule has 0 atom stereocenters. The van der Waals surface area contributed by atoms with Crippen LogP contribution in [-0.4, -0.2) is 0 Å². The first kappa shape index (κ1) is 17.1. The number of hydrogen-bond acceptors (Lipinski definition) is 0. The molecule has 0 aliphatic heterocycles. The largest absolute Gasteiger partial charge is 0.103 e. The molecule has 0 heteroatoms. The third-order valence-electron chi connectivity index (χ3n) is 4.88. The van der Waals surface area contributed by atoms with Gasteiger partial charge in [-0.15, -0.1) is 6.58 Å². The normalized spacial score (nSPS) is 10.5. The fourth-order valence-electron chi connectivity index (χ4n) is 3.68. The quantitative estimate of drug-likeness (QED) is 0.330. The molecular weight excluding hydrogens is 324 g/mol. The van der Waals surface area contributed by atoms with E-state index in [-0.39, 0.29) is 0 Å². The van der Waals surface area contributed by atoms with Crippen molar-refractivity contribution in [3.8, 4) is 33.4 Å². The molecule has 0 aliphatic rings. The summed E-state index contributed by atoms with van der Waals surface area (Å²) in [7, 11) is 0. The fraction of sp³-hybridized carbons (Fsp3) is 0.0370. The molecule has 0 heterocycles. The lowest BCUT2D eigenvalue weighted by molar-refractivity contribution is 1.28. The Kier molecular flexibility index (Phi) is 4.98. The number of benzene rings is 4. The maximum atomic E-state index is 3.96. The molecule has 4 aromatic carbocycles. The van der Waals surface area contributed by atoms with Gasteiger partial charge in [0.05, 0.1) is 0 Å². The topological polar surface area (TPSA) is 0 Å². The van der Waals surface area contributed by atoms with Gasteiger partial charge in [-0.05, 0) is 45.4 Å². The smallest absolute Gasteiger partial charge is 0.00699 e. The van der Waals surface area contributed by atoms with E-state index < -0.39 is 0 Å². The summed E-state index contributed by atoms with van der Waals surface area (Å²) in [5.74, 6) is 0. The van der Waals surface area contributed by atoms with Crippen molar-refractivity contribution in [1.29, 1.82) is 0 Å². The van der Waals surface area contributed by atoms with Crippen LogP contribution in [0.5, 0.6) is 0 Å². The van der Waals surface area contributed by atoms with Crippen molar-refractivity contribution < 1.29 is 0 Å². The van der Waals surface area contributed by atoms with E-state index >= 15 is 0 Å². The summed E-state index contributed by atoms with van der Waals surface area (Å²) >= 11 is 0. The van der Waals surface area contributed by atoms with Gasteiger partial charge in [0.1, 0.15) is 0 Å². The van der Waals surface area contributed by atoms with E-state index in [0.717, 1.165) is 6.42 Å². The Hall–Kier alpha value is -3.38. The lowest BCUT2D eigenvalue weighted by Crippen LogP contribution is -1.94. The molecule has 130 valence electrons. The molecule has 27 heavy (non-hydrogen) atoms. The van der Waals surface area contributed by atoms with Crippen molar-refractivity contribution in [3.05, 3.63) is 121 Å². The second-order valence-corrected chi connectivity index (χ2v) is 6.61. The Labute approximate surface area is 161 Å². The summed E-state index contributed by atoms with van der Waals surface area (Å²) < 4.78 is 0. The van der Waals surface area contributed by atoms with Crippen LogP contribution in [0.15, 0.2) is 116 Å². The van der Waals surface area contributed by atoms with Gasteiger partial charge in [-0.3, -0.25) is 0 Å². The van der Waals surface area contributed by atoms with Gasteiger partial charge in [0, 0.05) is 0 Å². The molecule has 0 bridgehead atoms. The highest BCUT2D eigenvalue weighted by Crippen LogP contribution is 2.39. The first-order chi connectivity index (χ1) is 13.4. The zero-order valence-corrected chi connectivity index (χ0v) is 15.3. The summed E-state index contributed by atoms with van der Waals surface area (Å²) in [5.41, 5.74) is 8.85. The second kappa shape index (κ2) is 7.88. The Morgan fingerprint density at radius 2 is 1.07 bits per heavy atom. The highest BCUT2D eigenvalue weighted by molar-refractivity contribution is 5.92. The van der Waals surface area contributed by atoms with Crippen LogP contribution in [0.25, 0.3) is 33.4 Å². The molecule has 0 aromatic heterocycles. The predicted octanol–water partition coefficient (Wildman–Crippen LogP) is 7.42. The average molecular weight is 346 g/mol. The third-order valence-corrected chi connectivity index (χ3v) is 4.88. The maximum Gasteiger partial charge on any atom is -0.00699 e. The van der Waals surface area contributed by atoms with E-state index in [0.29, 0.717) is 0 Å². The molecule has 0 spiro atoms. The van der Waals surface area contributed by atoms with E-state index in [1.807, 2.05) is 6.08 Å². The van der Waals surface area contributed by atoms with E-state index in [1.54, 1.807) is 0 Å². The molecule has 0 radical (unpaired) electrons. The third kappa shape index (κ3) is 3.47. The Bertz CT molecular complexity index is 1040. The van der Waals surface area contributed by atoms with Crippen molar-refractivity contribution in [3.63, 3.8) is 0 Å². The van der Waals surface area contributed by atoms with Crippen molar-refractivity contribution >= 4 is 0 Å². The zero-order chi connectivity index (χ0) is 18.5. The standard InChI is InChI=1S/C27H22/c1-2-12-22-17-11-20-26(27(22)23-15-7-4-8-16-23)25-19-10-9-18-24(25)21-13-5-3-6-14-21/h2-11,13-20H,1,12H2. The summed E-state index contributed by atoms with van der Waals surface area (Å²) in [6, 6.07) is 36.5. The molecule has 0 nitrogen and oxygen atoms in total. The van der Waals surface area contributed by atoms with Crippen LogP contribution in [0, 0.1) is 0 Å². The lowest BCUT2D eigenvalue weighted by atomic mass is 9.86. The number of hydrogen-bond donors (Lipinski definition) is 0. The lowest BCUT2D eigenvalue weighted by Gasteiger charge is -2.18. The molecule has 0 saturated heterocycles. The molecule has 4 rings (SSSR count). The Balaban J connectivity index is 1.99. The maximum absolute atomic E-state index is 3.96. The van der Waals surface area contributed by atoms with Crippen molar-refractivity contribution in [1.82, 2.24) is 0 Å². The zero-order valence-electron chi connectivity index (χ0n) is 15.3. The van der Waals surface area contributed by atoms with Gasteiger partial charge in [0.2, 0.25) is 0 Å². The molecule has 0 fully saturated rings. The van der Waals surface area contributed by atoms with E-state index in [4.69, 9.17) is 0 Å². The summed E-state index contributed by atoms with van der Waals surface area (Å²) in [4.78, 5) is 0. The van der Waals surface area contributed by atoms with Crippen molar-refractivity contribution in [2.24, 2.45) is 0 Å². The van der Waals surface area contributed by atoms with Gasteiger partial charge in [-0.25, -0.2) is 0 Å². The van der Waals surface area contributed by atoms with Crippen molar-refractivity contribution in [2.45, 2.75) is 6.42 Å². The van der Waals surface area contributed by atoms with Crippen LogP contribution in [0.4, 0.5) is 0 Å². The van der Waals surface area contributed by atoms with E-state index in [2.05, 4.69) is 110 Å². The monoisotopic (exact) mass is 346 g/mol. The van der Waals surface area contributed by atoms with Gasteiger partial charge in [0.15, 0.2) is 0 Å². The van der Waals surface area contributed by atoms with Crippen LogP contribution >= 0.6 is 0 Å². The van der Waals surface area contributed by atoms with Crippen LogP contribution in [0.2, 0.25) is 0 Å². The SMILES string of the molecule is C=CCc1cccc(-c2ccccc2-c2ccccc2)c1-c1ccccc1. The fourth-order valence-corrected chi connectivity index (χ4v) is 3.68. The minimum absolute atomic E-state index is 0.853. The van der Waals surface area contributed by atoms with Crippen molar-refractivity contribution in [2.75, 3.05) is 0 Å². The molecule has 0 amide bonds. The summed E-state index contributed by atoms with van der Waals surface area (Å²) in [6.45, 7) is 3.96. The Morgan fingerprint density at radius 3 is 1.74 bits per heavy atom. The number of rotatable bonds is 5. The molecule has 0 aliphatic carbocycles. The molecule has 4 aromatic rings. The van der Waals surface area contributed by atoms with E-state index in [9.17, 15) is 0 Å². The van der Waals surface area contributed by atoms with Crippen LogP contribution in [-0.2, 0) is 6.42 Å². The van der Waals surface area contributed by atoms with Gasteiger partial charge in [-0.1, -0.05) is 109 Å². The van der Waals surface area contributed by atoms with Gasteiger partial charge in [0.25, 0.3) is 0 Å². The highest BCUT2D eigenvalue weighted by atomic mass is 14.2. The number of allylic oxidation sites excluding steroid dienone is 1. The van der Waals surface area contributed by atoms with Gasteiger partial charge >= 0.3 is 0 Å². The minimum Gasteiger partial charge on any atom is -0.103 e. The second-order valence-electron chi connectivity index (χ2n) is 6.61. The summed E-state index contributed by atoms with van der Waals surface area (Å²) in [5, 5.41) is 0. The minimum atomic E-state index is 0.853.